The smallest absolute Gasteiger partial charge is 0.321 e. The Morgan fingerprint density at radius 1 is 1.08 bits per heavy atom. The maximum Gasteiger partial charge on any atom is 0.321 e. The number of esters is 1. The zero-order chi connectivity index (χ0) is 26.3. The Hall–Kier alpha value is -4.35. The third-order valence-electron chi connectivity index (χ3n) is 5.36. The van der Waals surface area contributed by atoms with Crippen molar-refractivity contribution in [2.45, 2.75) is 6.04 Å². The van der Waals surface area contributed by atoms with E-state index in [-0.39, 0.29) is 0 Å². The van der Waals surface area contributed by atoms with Crippen molar-refractivity contribution in [2.75, 3.05) is 20.3 Å². The molecule has 1 aliphatic rings. The van der Waals surface area contributed by atoms with E-state index in [1.165, 1.54) is 17.3 Å². The largest absolute Gasteiger partial charge is 0.497 e. The second kappa shape index (κ2) is 11.6. The summed E-state index contributed by atoms with van der Waals surface area (Å²) in [5, 5.41) is 2.24. The molecule has 0 unspecified atom stereocenters. The molecule has 0 saturated heterocycles. The third kappa shape index (κ3) is 6.87. The van der Waals surface area contributed by atoms with Crippen molar-refractivity contribution >= 4 is 33.7 Å². The Labute approximate surface area is 214 Å². The quantitative estimate of drug-likeness (QED) is 0.389. The number of ether oxygens (including phenoxy) is 2. The van der Waals surface area contributed by atoms with Crippen LogP contribution in [0.1, 0.15) is 22.9 Å². The van der Waals surface area contributed by atoms with Crippen LogP contribution in [0.4, 0.5) is 0 Å². The van der Waals surface area contributed by atoms with Crippen molar-refractivity contribution in [3.05, 3.63) is 101 Å². The molecule has 0 aliphatic carbocycles. The molecule has 2 aromatic carbocycles. The molecule has 3 aromatic rings. The zero-order valence-corrected chi connectivity index (χ0v) is 20.7. The summed E-state index contributed by atoms with van der Waals surface area (Å²) in [4.78, 5) is 25.1. The molecule has 4 rings (SSSR count). The number of furan rings is 1. The van der Waals surface area contributed by atoms with Gasteiger partial charge in [-0.15, -0.1) is 0 Å². The lowest BCUT2D eigenvalue weighted by Crippen LogP contribution is -2.42. The maximum atomic E-state index is 12.9. The fourth-order valence-corrected chi connectivity index (χ4v) is 4.24. The van der Waals surface area contributed by atoms with Crippen LogP contribution in [0.5, 0.6) is 5.75 Å². The van der Waals surface area contributed by atoms with Crippen LogP contribution in [-0.2, 0) is 24.3 Å². The molecule has 192 valence electrons. The van der Waals surface area contributed by atoms with Gasteiger partial charge in [-0.05, 0) is 59.7 Å². The highest BCUT2D eigenvalue weighted by molar-refractivity contribution is 7.92. The highest BCUT2D eigenvalue weighted by Gasteiger charge is 2.33. The summed E-state index contributed by atoms with van der Waals surface area (Å²) >= 11 is 0. The van der Waals surface area contributed by atoms with Crippen molar-refractivity contribution in [2.24, 2.45) is 0 Å². The summed E-state index contributed by atoms with van der Waals surface area (Å²) in [6.45, 7) is -1.23. The monoisotopic (exact) mass is 523 g/mol. The number of methoxy groups -OCH3 is 1. The van der Waals surface area contributed by atoms with Crippen LogP contribution in [0.25, 0.3) is 11.8 Å². The maximum absolute atomic E-state index is 12.9. The molecule has 11 heteroatoms. The topological polar surface area (TPSA) is 127 Å². The Balaban J connectivity index is 1.34. The number of hydrogen-bond acceptors (Lipinski definition) is 8. The first-order valence-electron chi connectivity index (χ1n) is 11.2. The van der Waals surface area contributed by atoms with Gasteiger partial charge in [0.2, 0.25) is 10.0 Å². The number of carbonyl (C=O) groups is 2. The summed E-state index contributed by atoms with van der Waals surface area (Å²) in [7, 11) is -2.31. The molecule has 0 fully saturated rings. The second-order valence-corrected chi connectivity index (χ2v) is 9.54. The predicted molar refractivity (Wildman–Crippen MR) is 136 cm³/mol. The van der Waals surface area contributed by atoms with E-state index in [0.717, 1.165) is 11.0 Å². The van der Waals surface area contributed by atoms with Gasteiger partial charge < -0.3 is 13.9 Å². The first kappa shape index (κ1) is 25.7. The van der Waals surface area contributed by atoms with Crippen LogP contribution in [-0.4, -0.2) is 45.6 Å². The lowest BCUT2D eigenvalue weighted by Gasteiger charge is -2.23. The van der Waals surface area contributed by atoms with Gasteiger partial charge in [0.1, 0.15) is 24.1 Å². The Morgan fingerprint density at radius 2 is 1.84 bits per heavy atom. The Morgan fingerprint density at radius 3 is 2.51 bits per heavy atom. The molecule has 2 N–H and O–H groups in total. The summed E-state index contributed by atoms with van der Waals surface area (Å²) < 4.78 is 42.1. The molecule has 1 atom stereocenters. The summed E-state index contributed by atoms with van der Waals surface area (Å²) in [5.74, 6) is -0.256. The molecule has 10 nitrogen and oxygen atoms in total. The van der Waals surface area contributed by atoms with Gasteiger partial charge in [0.15, 0.2) is 6.61 Å². The number of amides is 1. The number of rotatable bonds is 10. The van der Waals surface area contributed by atoms with Crippen LogP contribution in [0, 0.1) is 0 Å². The van der Waals surface area contributed by atoms with Crippen molar-refractivity contribution in [1.82, 2.24) is 15.2 Å². The fraction of sp³-hybridized carbons (Fsp3) is 0.154. The van der Waals surface area contributed by atoms with Crippen LogP contribution in [0.15, 0.2) is 88.9 Å². The molecular formula is C26H25N3O7S. The van der Waals surface area contributed by atoms with Gasteiger partial charge >= 0.3 is 5.97 Å². The van der Waals surface area contributed by atoms with E-state index in [2.05, 4.69) is 10.1 Å². The van der Waals surface area contributed by atoms with Crippen LogP contribution in [0.3, 0.4) is 0 Å². The average molecular weight is 524 g/mol. The second-order valence-electron chi connectivity index (χ2n) is 7.88. The molecule has 37 heavy (non-hydrogen) atoms. The number of hydrazine groups is 1. The lowest BCUT2D eigenvalue weighted by molar-refractivity contribution is -0.152. The van der Waals surface area contributed by atoms with E-state index in [4.69, 9.17) is 13.9 Å². The van der Waals surface area contributed by atoms with E-state index < -0.39 is 41.1 Å². The van der Waals surface area contributed by atoms with Gasteiger partial charge in [0, 0.05) is 5.41 Å². The minimum absolute atomic E-state index is 0.508. The van der Waals surface area contributed by atoms with E-state index in [1.54, 1.807) is 55.6 Å². The molecular weight excluding hydrogens is 498 g/mol. The normalized spacial score (nSPS) is 15.3. The number of hydrogen-bond donors (Lipinski definition) is 2. The van der Waals surface area contributed by atoms with E-state index in [1.807, 2.05) is 24.3 Å². The molecule has 0 bridgehead atoms. The highest BCUT2D eigenvalue weighted by Crippen LogP contribution is 2.32. The number of sulfonamides is 1. The Bertz CT molecular complexity index is 1380. The SMILES string of the molecule is COc1ccc(C2=C[C@@H](c3ccco3)N(C(=O)COC(=O)CNS(=O)(=O)/C=C/c3ccccc3)N2)cc1. The van der Waals surface area contributed by atoms with Gasteiger partial charge in [-0.25, -0.2) is 18.1 Å². The van der Waals surface area contributed by atoms with Crippen LogP contribution < -0.4 is 14.9 Å². The highest BCUT2D eigenvalue weighted by atomic mass is 32.2. The summed E-state index contributed by atoms with van der Waals surface area (Å²) in [6, 6.07) is 18.9. The van der Waals surface area contributed by atoms with E-state index in [0.29, 0.717) is 22.8 Å². The minimum Gasteiger partial charge on any atom is -0.497 e. The molecule has 0 radical (unpaired) electrons. The van der Waals surface area contributed by atoms with Crippen molar-refractivity contribution in [3.8, 4) is 5.75 Å². The molecule has 0 saturated carbocycles. The van der Waals surface area contributed by atoms with Gasteiger partial charge in [-0.1, -0.05) is 30.3 Å². The predicted octanol–water partition coefficient (Wildman–Crippen LogP) is 2.85. The van der Waals surface area contributed by atoms with E-state index >= 15 is 0 Å². The molecule has 1 aliphatic heterocycles. The first-order chi connectivity index (χ1) is 17.8. The van der Waals surface area contributed by atoms with Gasteiger partial charge in [0.25, 0.3) is 5.91 Å². The summed E-state index contributed by atoms with van der Waals surface area (Å²) in [5.41, 5.74) is 5.18. The number of carbonyl (C=O) groups excluding carboxylic acids is 2. The molecule has 1 amide bonds. The Kier molecular flexibility index (Phi) is 8.06. The molecule has 2 heterocycles. The zero-order valence-electron chi connectivity index (χ0n) is 19.9. The van der Waals surface area contributed by atoms with Crippen molar-refractivity contribution < 1.29 is 31.9 Å². The number of nitrogens with zero attached hydrogens (tertiary/aromatic N) is 1. The summed E-state index contributed by atoms with van der Waals surface area (Å²) in [6.07, 6.45) is 4.71. The standard InChI is InChI=1S/C26H25N3O7S/c1-34-21-11-9-20(10-12-21)22-16-23(24-8-5-14-35-24)29(28-22)25(30)18-36-26(31)17-27-37(32,33)15-13-19-6-3-2-4-7-19/h2-16,23,27-28H,17-18H2,1H3/b15-13+/t23-/m0/s1. The fourth-order valence-electron chi connectivity index (χ4n) is 3.49. The van der Waals surface area contributed by atoms with Gasteiger partial charge in [0.05, 0.1) is 19.1 Å². The number of benzene rings is 2. The third-order valence-corrected chi connectivity index (χ3v) is 6.40. The van der Waals surface area contributed by atoms with Crippen LogP contribution in [0.2, 0.25) is 0 Å². The van der Waals surface area contributed by atoms with Crippen LogP contribution >= 0.6 is 0 Å². The van der Waals surface area contributed by atoms with Gasteiger partial charge in [-0.3, -0.25) is 15.0 Å². The van der Waals surface area contributed by atoms with E-state index in [9.17, 15) is 18.0 Å². The average Bonchev–Trinajstić information content (AvgIpc) is 3.61. The first-order valence-corrected chi connectivity index (χ1v) is 12.8. The number of nitrogens with one attached hydrogen (secondary N) is 2. The molecule has 0 spiro atoms. The van der Waals surface area contributed by atoms with Crippen molar-refractivity contribution in [3.63, 3.8) is 0 Å². The van der Waals surface area contributed by atoms with Crippen molar-refractivity contribution in [1.29, 1.82) is 0 Å². The van der Waals surface area contributed by atoms with Gasteiger partial charge in [-0.2, -0.15) is 0 Å². The lowest BCUT2D eigenvalue weighted by atomic mass is 10.1. The minimum atomic E-state index is -3.88. The molecule has 1 aromatic heterocycles.